The molecule has 6 aromatic carbocycles. The van der Waals surface area contributed by atoms with Crippen LogP contribution in [0.4, 0.5) is 11.4 Å². The van der Waals surface area contributed by atoms with Gasteiger partial charge in [-0.15, -0.1) is 0 Å². The molecule has 6 rings (SSSR count). The van der Waals surface area contributed by atoms with Crippen molar-refractivity contribution in [2.45, 2.75) is 0 Å². The average Bonchev–Trinajstić information content (AvgIpc) is 3.19. The Hall–Kier alpha value is -5.82. The zero-order chi connectivity index (χ0) is 36.1. The van der Waals surface area contributed by atoms with Gasteiger partial charge in [0.2, 0.25) is 0 Å². The highest BCUT2D eigenvalue weighted by molar-refractivity contribution is 7.50. The van der Waals surface area contributed by atoms with E-state index in [9.17, 15) is 0 Å². The number of hydrogen-bond acceptors (Lipinski definition) is 10. The molecule has 0 saturated heterocycles. The van der Waals surface area contributed by atoms with Crippen LogP contribution in [0.25, 0.3) is 11.1 Å². The second-order valence-corrected chi connectivity index (χ2v) is 13.0. The Morgan fingerprint density at radius 1 is 0.327 bits per heavy atom. The molecule has 0 bridgehead atoms. The number of rotatable bonds is 17. The third kappa shape index (κ3) is 8.90. The normalized spacial score (nSPS) is 10.7. The van der Waals surface area contributed by atoms with E-state index in [1.54, 1.807) is 28.4 Å². The minimum Gasteiger partial charge on any atom is -0.496 e. The first kappa shape index (κ1) is 36.0. The first-order valence-corrected chi connectivity index (χ1v) is 18.5. The summed E-state index contributed by atoms with van der Waals surface area (Å²) in [5.41, 5.74) is 2.20. The molecule has 0 aliphatic heterocycles. The minimum atomic E-state index is -1.88. The number of para-hydroxylation sites is 4. The van der Waals surface area contributed by atoms with Crippen molar-refractivity contribution in [1.29, 1.82) is 0 Å². The molecule has 2 N–H and O–H groups in total. The molecule has 52 heavy (non-hydrogen) atoms. The Bertz CT molecular complexity index is 1780. The van der Waals surface area contributed by atoms with Gasteiger partial charge in [-0.1, -0.05) is 72.8 Å². The van der Waals surface area contributed by atoms with Crippen LogP contribution in [0.1, 0.15) is 0 Å². The van der Waals surface area contributed by atoms with Crippen LogP contribution in [0.2, 0.25) is 0 Å². The van der Waals surface area contributed by atoms with Crippen LogP contribution in [-0.2, 0) is 0 Å². The highest BCUT2D eigenvalue weighted by Crippen LogP contribution is 2.56. The Labute approximate surface area is 306 Å². The van der Waals surface area contributed by atoms with Gasteiger partial charge in [0.25, 0.3) is 0 Å². The maximum Gasteiger partial charge on any atom is 0.414 e. The van der Waals surface area contributed by atoms with Gasteiger partial charge in [0, 0.05) is 0 Å². The summed E-state index contributed by atoms with van der Waals surface area (Å²) in [6, 6.07) is 45.1. The number of nitrogens with one attached hydrogen (secondary N) is 2. The van der Waals surface area contributed by atoms with E-state index in [4.69, 9.17) is 37.0 Å². The molecule has 0 aliphatic rings. The first-order valence-electron chi connectivity index (χ1n) is 16.2. The van der Waals surface area contributed by atoms with E-state index in [2.05, 4.69) is 10.2 Å². The van der Waals surface area contributed by atoms with Crippen molar-refractivity contribution in [1.82, 2.24) is 0 Å². The lowest BCUT2D eigenvalue weighted by Crippen LogP contribution is -2.10. The molecule has 266 valence electrons. The lowest BCUT2D eigenvalue weighted by Gasteiger charge is -2.27. The minimum absolute atomic E-state index is 0.496. The second-order valence-electron chi connectivity index (χ2n) is 10.8. The van der Waals surface area contributed by atoms with E-state index in [1.165, 1.54) is 0 Å². The average molecular weight is 737 g/mol. The third-order valence-corrected chi connectivity index (χ3v) is 9.84. The molecule has 0 saturated carbocycles. The van der Waals surface area contributed by atoms with Gasteiger partial charge in [0.15, 0.2) is 0 Å². The largest absolute Gasteiger partial charge is 0.496 e. The fourth-order valence-electron chi connectivity index (χ4n) is 5.15. The quantitative estimate of drug-likeness (QED) is 0.0881. The molecule has 0 amide bonds. The van der Waals surface area contributed by atoms with E-state index in [0.717, 1.165) is 0 Å². The predicted molar refractivity (Wildman–Crippen MR) is 207 cm³/mol. The van der Waals surface area contributed by atoms with Crippen LogP contribution in [0, 0.1) is 0 Å². The summed E-state index contributed by atoms with van der Waals surface area (Å²) < 4.78 is 49.8. The van der Waals surface area contributed by atoms with E-state index in [1.807, 2.05) is 146 Å². The van der Waals surface area contributed by atoms with Gasteiger partial charge >= 0.3 is 17.1 Å². The molecule has 12 heteroatoms. The third-order valence-electron chi connectivity index (χ3n) is 7.52. The number of methoxy groups -OCH3 is 4. The van der Waals surface area contributed by atoms with Gasteiger partial charge < -0.3 is 37.0 Å². The second kappa shape index (κ2) is 17.9. The molecular weight excluding hydrogens is 698 g/mol. The van der Waals surface area contributed by atoms with Crippen molar-refractivity contribution in [3.63, 3.8) is 0 Å². The van der Waals surface area contributed by atoms with Crippen LogP contribution in [0.5, 0.6) is 46.0 Å². The Kier molecular flexibility index (Phi) is 12.4. The van der Waals surface area contributed by atoms with E-state index in [0.29, 0.717) is 68.5 Å². The Morgan fingerprint density at radius 2 is 0.577 bits per heavy atom. The fraction of sp³-hybridized carbons (Fsp3) is 0.100. The zero-order valence-electron chi connectivity index (χ0n) is 29.0. The molecule has 10 nitrogen and oxygen atoms in total. The summed E-state index contributed by atoms with van der Waals surface area (Å²) in [5, 5.41) is 7.04. The lowest BCUT2D eigenvalue weighted by molar-refractivity contribution is 0.401. The molecule has 0 heterocycles. The Morgan fingerprint density at radius 3 is 0.827 bits per heavy atom. The van der Waals surface area contributed by atoms with Crippen molar-refractivity contribution in [3.05, 3.63) is 146 Å². The summed E-state index contributed by atoms with van der Waals surface area (Å²) in [4.78, 5) is 0. The highest BCUT2D eigenvalue weighted by Gasteiger charge is 2.31. The molecule has 0 aliphatic carbocycles. The number of ether oxygens (including phenoxy) is 4. The zero-order valence-corrected chi connectivity index (χ0v) is 30.8. The van der Waals surface area contributed by atoms with Gasteiger partial charge in [-0.25, -0.2) is 0 Å². The van der Waals surface area contributed by atoms with Crippen molar-refractivity contribution in [2.24, 2.45) is 0 Å². The lowest BCUT2D eigenvalue weighted by atomic mass is 9.98. The fourth-order valence-corrected chi connectivity index (χ4v) is 7.47. The molecule has 0 radical (unpaired) electrons. The highest BCUT2D eigenvalue weighted by atomic mass is 31.2. The van der Waals surface area contributed by atoms with Crippen LogP contribution >= 0.6 is 17.1 Å². The summed E-state index contributed by atoms with van der Waals surface area (Å²) >= 11 is 0. The number of hydrogen-bond donors (Lipinski definition) is 2. The van der Waals surface area contributed by atoms with Gasteiger partial charge in [-0.3, -0.25) is 10.2 Å². The van der Waals surface area contributed by atoms with Gasteiger partial charge in [-0.2, -0.15) is 0 Å². The Balaban J connectivity index is 1.51. The van der Waals surface area contributed by atoms with Crippen molar-refractivity contribution < 1.29 is 37.0 Å². The molecule has 0 spiro atoms. The van der Waals surface area contributed by atoms with E-state index < -0.39 is 17.1 Å². The monoisotopic (exact) mass is 736 g/mol. The van der Waals surface area contributed by atoms with Gasteiger partial charge in [0.1, 0.15) is 46.0 Å². The number of anilines is 2. The van der Waals surface area contributed by atoms with Crippen molar-refractivity contribution in [3.8, 4) is 57.1 Å². The summed E-state index contributed by atoms with van der Waals surface area (Å²) in [6.07, 6.45) is 0. The van der Waals surface area contributed by atoms with Gasteiger partial charge in [-0.05, 0) is 72.8 Å². The molecule has 0 aromatic heterocycles. The van der Waals surface area contributed by atoms with Crippen molar-refractivity contribution in [2.75, 3.05) is 38.6 Å². The van der Waals surface area contributed by atoms with Crippen LogP contribution in [0.3, 0.4) is 0 Å². The summed E-state index contributed by atoms with van der Waals surface area (Å²) in [6.45, 7) is 0. The predicted octanol–water partition coefficient (Wildman–Crippen LogP) is 11.0. The van der Waals surface area contributed by atoms with Crippen LogP contribution < -0.4 is 47.2 Å². The summed E-state index contributed by atoms with van der Waals surface area (Å²) in [7, 11) is 2.64. The molecular formula is C40H38N2O8P2. The standard InChI is InChI=1S/C40H38N2O8P2/c1-43-33-25-27-35(45-3)39(41-51(47-29-17-9-5-10-18-29)48-30-19-11-6-12-20-30)37(33)38-34(44-2)26-28-36(46-4)40(38)42-52(49-31-21-13-7-14-22-31)50-32-23-15-8-16-24-32/h5-28,41-42H,1-4H3. The van der Waals surface area contributed by atoms with E-state index in [-0.39, 0.29) is 0 Å². The molecule has 0 unspecified atom stereocenters. The topological polar surface area (TPSA) is 97.9 Å². The maximum absolute atomic E-state index is 6.44. The molecule has 6 aromatic rings. The SMILES string of the molecule is COc1ccc(OC)c(-c2c(OC)ccc(OC)c2NP(Oc2ccccc2)Oc2ccccc2)c1NP(Oc1ccccc1)Oc1ccccc1. The van der Waals surface area contributed by atoms with Crippen molar-refractivity contribution >= 4 is 28.4 Å². The maximum atomic E-state index is 6.44. The summed E-state index contributed by atoms with van der Waals surface area (Å²) in [5.74, 6) is 4.46. The smallest absolute Gasteiger partial charge is 0.414 e. The first-order chi connectivity index (χ1) is 25.6. The van der Waals surface area contributed by atoms with Gasteiger partial charge in [0.05, 0.1) is 50.9 Å². The van der Waals surface area contributed by atoms with Crippen LogP contribution in [0.15, 0.2) is 146 Å². The molecule has 0 fully saturated rings. The van der Waals surface area contributed by atoms with E-state index >= 15 is 0 Å². The van der Waals surface area contributed by atoms with Crippen LogP contribution in [-0.4, -0.2) is 28.4 Å². The number of benzene rings is 6. The molecule has 0 atom stereocenters.